The molecule has 0 atom stereocenters. The Hall–Kier alpha value is -6.72. The predicted octanol–water partition coefficient (Wildman–Crippen LogP) is 12.0. The number of hydrogen-bond acceptors (Lipinski definition) is 4. The molecule has 2 aromatic heterocycles. The Balaban J connectivity index is 1.21. The van der Waals surface area contributed by atoms with Crippen LogP contribution in [-0.2, 0) is 0 Å². The minimum Gasteiger partial charge on any atom is -0.455 e. The summed E-state index contributed by atoms with van der Waals surface area (Å²) in [5.74, 6) is 0.111. The Kier molecular flexibility index (Phi) is 4.92. The van der Waals surface area contributed by atoms with Crippen LogP contribution in [0.4, 0.5) is 4.39 Å². The second kappa shape index (κ2) is 11.2. The second-order valence-electron chi connectivity index (χ2n) is 12.0. The molecule has 10 aromatic rings. The lowest BCUT2D eigenvalue weighted by atomic mass is 9.93. The Morgan fingerprint density at radius 1 is 0.440 bits per heavy atom. The molecule has 0 saturated carbocycles. The summed E-state index contributed by atoms with van der Waals surface area (Å²) in [5, 5.41) is 6.47. The van der Waals surface area contributed by atoms with Gasteiger partial charge in [0.1, 0.15) is 17.0 Å². The highest BCUT2D eigenvalue weighted by atomic mass is 19.1. The lowest BCUT2D eigenvalue weighted by Crippen LogP contribution is -2.01. The van der Waals surface area contributed by atoms with E-state index in [9.17, 15) is 0 Å². The van der Waals surface area contributed by atoms with E-state index in [1.165, 1.54) is 6.07 Å². The standard InChI is InChI=1S/C45H26FN3O/c46-40-21-7-5-18-38(40)45-48-43(28-12-9-11-27(25-28)30-19-10-20-37-36-17-6-8-22-41(36)50-42(30)37)47-44(49-45)29-23-24-35-33-15-2-1-13-31(33)32-14-3-4-16-34(32)39(35)26-29/h1-26H/i6D,8D,10D,17D,19D,20D,22D. The minimum absolute atomic E-state index is 0.0132. The van der Waals surface area contributed by atoms with Gasteiger partial charge in [0.05, 0.1) is 15.2 Å². The number of hydrogen-bond donors (Lipinski definition) is 0. The molecule has 0 aliphatic heterocycles. The molecule has 50 heavy (non-hydrogen) atoms. The van der Waals surface area contributed by atoms with E-state index in [2.05, 4.69) is 24.3 Å². The average molecular weight is 651 g/mol. The van der Waals surface area contributed by atoms with Gasteiger partial charge < -0.3 is 4.42 Å². The van der Waals surface area contributed by atoms with Crippen molar-refractivity contribution in [1.82, 2.24) is 15.0 Å². The van der Waals surface area contributed by atoms with E-state index in [4.69, 9.17) is 29.0 Å². The topological polar surface area (TPSA) is 51.8 Å². The predicted molar refractivity (Wildman–Crippen MR) is 201 cm³/mol. The molecule has 0 saturated heterocycles. The van der Waals surface area contributed by atoms with Crippen LogP contribution in [0.2, 0.25) is 0 Å². The van der Waals surface area contributed by atoms with Crippen LogP contribution >= 0.6 is 0 Å². The minimum atomic E-state index is -0.510. The van der Waals surface area contributed by atoms with E-state index < -0.39 is 36.0 Å². The summed E-state index contributed by atoms with van der Waals surface area (Å²) < 4.78 is 81.4. The molecular formula is C45H26FN3O. The van der Waals surface area contributed by atoms with Crippen LogP contribution in [0.15, 0.2) is 162 Å². The van der Waals surface area contributed by atoms with Crippen molar-refractivity contribution in [3.8, 4) is 45.3 Å². The monoisotopic (exact) mass is 650 g/mol. The number of nitrogens with zero attached hydrogens (tertiary/aromatic N) is 3. The summed E-state index contributed by atoms with van der Waals surface area (Å²) in [4.78, 5) is 14.5. The molecule has 0 aliphatic carbocycles. The highest BCUT2D eigenvalue weighted by molar-refractivity contribution is 6.25. The molecule has 5 heteroatoms. The normalized spacial score (nSPS) is 13.7. The molecule has 0 aliphatic rings. The summed E-state index contributed by atoms with van der Waals surface area (Å²) in [7, 11) is 0. The molecule has 0 bridgehead atoms. The number of para-hydroxylation sites is 2. The zero-order chi connectivity index (χ0) is 39.3. The first-order valence-corrected chi connectivity index (χ1v) is 16.0. The van der Waals surface area contributed by atoms with Crippen molar-refractivity contribution in [3.05, 3.63) is 163 Å². The van der Waals surface area contributed by atoms with Crippen LogP contribution in [0.5, 0.6) is 0 Å². The van der Waals surface area contributed by atoms with Crippen molar-refractivity contribution in [2.45, 2.75) is 0 Å². The lowest BCUT2D eigenvalue weighted by Gasteiger charge is -2.13. The van der Waals surface area contributed by atoms with Gasteiger partial charge in [0.15, 0.2) is 17.5 Å². The first-order valence-electron chi connectivity index (χ1n) is 19.5. The number of furan rings is 1. The van der Waals surface area contributed by atoms with Gasteiger partial charge in [-0.25, -0.2) is 19.3 Å². The largest absolute Gasteiger partial charge is 0.455 e. The highest BCUT2D eigenvalue weighted by Gasteiger charge is 2.18. The van der Waals surface area contributed by atoms with Gasteiger partial charge in [-0.2, -0.15) is 0 Å². The fourth-order valence-electron chi connectivity index (χ4n) is 6.79. The van der Waals surface area contributed by atoms with E-state index in [0.717, 1.165) is 32.3 Å². The molecule has 0 amide bonds. The second-order valence-corrected chi connectivity index (χ2v) is 12.0. The number of fused-ring (bicyclic) bond motifs is 9. The number of halogens is 1. The highest BCUT2D eigenvalue weighted by Crippen LogP contribution is 2.39. The Morgan fingerprint density at radius 3 is 1.80 bits per heavy atom. The fourth-order valence-corrected chi connectivity index (χ4v) is 6.79. The van der Waals surface area contributed by atoms with E-state index in [1.54, 1.807) is 42.5 Å². The van der Waals surface area contributed by atoms with E-state index in [1.807, 2.05) is 42.5 Å². The molecule has 0 unspecified atom stereocenters. The Labute approximate surface area is 296 Å². The van der Waals surface area contributed by atoms with Gasteiger partial charge in [-0.1, -0.05) is 127 Å². The third-order valence-electron chi connectivity index (χ3n) is 9.10. The van der Waals surface area contributed by atoms with Crippen LogP contribution < -0.4 is 0 Å². The number of benzene rings is 8. The van der Waals surface area contributed by atoms with E-state index in [-0.39, 0.29) is 56.8 Å². The van der Waals surface area contributed by atoms with E-state index in [0.29, 0.717) is 22.5 Å². The van der Waals surface area contributed by atoms with Crippen molar-refractivity contribution in [2.24, 2.45) is 0 Å². The van der Waals surface area contributed by atoms with Gasteiger partial charge >= 0.3 is 0 Å². The maximum Gasteiger partial charge on any atom is 0.167 e. The summed E-state index contributed by atoms with van der Waals surface area (Å²) in [5.41, 5.74) is 1.67. The van der Waals surface area contributed by atoms with Crippen molar-refractivity contribution < 1.29 is 18.4 Å². The third kappa shape index (κ3) is 4.48. The van der Waals surface area contributed by atoms with Gasteiger partial charge in [-0.05, 0) is 68.2 Å². The van der Waals surface area contributed by atoms with E-state index >= 15 is 4.39 Å². The zero-order valence-electron chi connectivity index (χ0n) is 33.1. The molecule has 2 heterocycles. The SMILES string of the molecule is [2H]c1c([2H])c([2H])c2c(oc3c(-c4cccc(-c5nc(-c6ccc7c8ccccc8c8ccccc8c7c6)nc(-c6ccccc6F)n5)c4)c([2H])c([2H])c([2H])c32)c1[2H]. The maximum atomic E-state index is 15.4. The summed E-state index contributed by atoms with van der Waals surface area (Å²) in [6, 6.07) is 32.7. The Morgan fingerprint density at radius 2 is 1.04 bits per heavy atom. The maximum absolute atomic E-state index is 15.4. The summed E-state index contributed by atoms with van der Waals surface area (Å²) >= 11 is 0. The van der Waals surface area contributed by atoms with Gasteiger partial charge in [0.25, 0.3) is 0 Å². The fraction of sp³-hybridized carbons (Fsp3) is 0. The summed E-state index contributed by atoms with van der Waals surface area (Å²) in [6.45, 7) is 0. The van der Waals surface area contributed by atoms with Crippen LogP contribution in [0.1, 0.15) is 9.60 Å². The quantitative estimate of drug-likeness (QED) is 0.178. The number of rotatable bonds is 4. The molecule has 0 radical (unpaired) electrons. The molecule has 0 spiro atoms. The van der Waals surface area contributed by atoms with Gasteiger partial charge in [-0.3, -0.25) is 0 Å². The van der Waals surface area contributed by atoms with Gasteiger partial charge in [0, 0.05) is 27.5 Å². The lowest BCUT2D eigenvalue weighted by molar-refractivity contribution is 0.630. The van der Waals surface area contributed by atoms with Crippen LogP contribution in [0, 0.1) is 5.82 Å². The van der Waals surface area contributed by atoms with Crippen molar-refractivity contribution >= 4 is 54.3 Å². The Bertz CT molecular complexity index is 3330. The molecule has 8 aromatic carbocycles. The van der Waals surface area contributed by atoms with Crippen LogP contribution in [0.3, 0.4) is 0 Å². The zero-order valence-corrected chi connectivity index (χ0v) is 26.1. The summed E-state index contributed by atoms with van der Waals surface area (Å²) in [6.07, 6.45) is 0. The first kappa shape index (κ1) is 22.0. The molecule has 4 nitrogen and oxygen atoms in total. The average Bonchev–Trinajstić information content (AvgIpc) is 3.65. The molecule has 234 valence electrons. The van der Waals surface area contributed by atoms with Gasteiger partial charge in [0.2, 0.25) is 0 Å². The molecule has 0 fully saturated rings. The first-order chi connectivity index (χ1) is 27.6. The molecule has 0 N–H and O–H groups in total. The van der Waals surface area contributed by atoms with Crippen molar-refractivity contribution in [3.63, 3.8) is 0 Å². The third-order valence-corrected chi connectivity index (χ3v) is 9.10. The molecule has 10 rings (SSSR count). The molecular weight excluding hydrogens is 618 g/mol. The van der Waals surface area contributed by atoms with Crippen molar-refractivity contribution in [2.75, 3.05) is 0 Å². The van der Waals surface area contributed by atoms with Crippen LogP contribution in [-0.4, -0.2) is 15.0 Å². The van der Waals surface area contributed by atoms with Crippen LogP contribution in [0.25, 0.3) is 99.5 Å². The van der Waals surface area contributed by atoms with Crippen molar-refractivity contribution in [1.29, 1.82) is 0 Å². The smallest absolute Gasteiger partial charge is 0.167 e. The number of aromatic nitrogens is 3. The van der Waals surface area contributed by atoms with Gasteiger partial charge in [-0.15, -0.1) is 0 Å².